The molecule has 0 aromatic carbocycles. The summed E-state index contributed by atoms with van der Waals surface area (Å²) < 4.78 is 56.1. The second kappa shape index (κ2) is 6.94. The lowest BCUT2D eigenvalue weighted by molar-refractivity contribution is 0.575. The largest absolute Gasteiger partial charge is 0.316 e. The summed E-state index contributed by atoms with van der Waals surface area (Å²) in [6.07, 6.45) is 2.37. The van der Waals surface area contributed by atoms with Crippen LogP contribution in [0.25, 0.3) is 11.3 Å². The predicted molar refractivity (Wildman–Crippen MR) is 94.9 cm³/mol. The van der Waals surface area contributed by atoms with Crippen LogP contribution in [0.1, 0.15) is 5.56 Å². The fourth-order valence-corrected chi connectivity index (χ4v) is 6.07. The summed E-state index contributed by atoms with van der Waals surface area (Å²) >= 11 is 4.36. The molecule has 25 heavy (non-hydrogen) atoms. The van der Waals surface area contributed by atoms with Gasteiger partial charge in [0.1, 0.15) is 10.6 Å². The molecule has 0 aliphatic carbocycles. The fraction of sp³-hybridized carbons (Fsp3) is 0.133. The first-order chi connectivity index (χ1) is 11.9. The molecule has 0 saturated heterocycles. The molecule has 132 valence electrons. The van der Waals surface area contributed by atoms with Crippen LogP contribution in [-0.4, -0.2) is 24.4 Å². The van der Waals surface area contributed by atoms with Gasteiger partial charge in [-0.1, -0.05) is 0 Å². The molecule has 0 saturated carbocycles. The van der Waals surface area contributed by atoms with Crippen LogP contribution >= 0.6 is 27.3 Å². The minimum absolute atomic E-state index is 0.0194. The van der Waals surface area contributed by atoms with Crippen LogP contribution in [0.4, 0.5) is 8.78 Å². The smallest absolute Gasteiger partial charge is 0.270 e. The lowest BCUT2D eigenvalue weighted by Gasteiger charge is -2.10. The van der Waals surface area contributed by atoms with Gasteiger partial charge in [0.2, 0.25) is 5.95 Å². The van der Waals surface area contributed by atoms with Crippen molar-refractivity contribution in [3.63, 3.8) is 0 Å². The summed E-state index contributed by atoms with van der Waals surface area (Å²) in [6, 6.07) is 2.71. The third kappa shape index (κ3) is 3.14. The number of nitrogens with zero attached hydrogens (tertiary/aromatic N) is 2. The average molecular weight is 448 g/mol. The highest BCUT2D eigenvalue weighted by Gasteiger charge is 2.29. The number of halogens is 3. The van der Waals surface area contributed by atoms with Gasteiger partial charge in [-0.2, -0.15) is 4.39 Å². The first kappa shape index (κ1) is 18.2. The highest BCUT2D eigenvalue weighted by atomic mass is 79.9. The van der Waals surface area contributed by atoms with Crippen molar-refractivity contribution in [2.75, 3.05) is 7.05 Å². The van der Waals surface area contributed by atoms with E-state index in [0.717, 1.165) is 10.2 Å². The van der Waals surface area contributed by atoms with E-state index in [0.29, 0.717) is 4.47 Å². The minimum Gasteiger partial charge on any atom is -0.316 e. The number of hydrogen-bond donors (Lipinski definition) is 1. The van der Waals surface area contributed by atoms with Gasteiger partial charge < -0.3 is 5.32 Å². The molecule has 1 N–H and O–H groups in total. The monoisotopic (exact) mass is 447 g/mol. The van der Waals surface area contributed by atoms with Crippen molar-refractivity contribution in [3.8, 4) is 11.3 Å². The van der Waals surface area contributed by atoms with Crippen LogP contribution in [0.2, 0.25) is 0 Å². The van der Waals surface area contributed by atoms with E-state index >= 15 is 0 Å². The average Bonchev–Trinajstić information content (AvgIpc) is 3.14. The molecule has 0 atom stereocenters. The summed E-state index contributed by atoms with van der Waals surface area (Å²) in [5, 5.41) is 5.80. The van der Waals surface area contributed by atoms with Crippen molar-refractivity contribution < 1.29 is 17.2 Å². The van der Waals surface area contributed by atoms with Crippen molar-refractivity contribution in [2.45, 2.75) is 11.4 Å². The zero-order valence-electron chi connectivity index (χ0n) is 12.8. The Labute approximate surface area is 155 Å². The summed E-state index contributed by atoms with van der Waals surface area (Å²) in [6.45, 7) is 0.0913. The number of pyridine rings is 1. The normalized spacial score (nSPS) is 11.8. The van der Waals surface area contributed by atoms with Crippen LogP contribution in [0.5, 0.6) is 0 Å². The van der Waals surface area contributed by atoms with E-state index in [1.807, 2.05) is 0 Å². The Morgan fingerprint density at radius 2 is 2.12 bits per heavy atom. The Bertz CT molecular complexity index is 1030. The highest BCUT2D eigenvalue weighted by Crippen LogP contribution is 2.34. The third-order valence-corrected chi connectivity index (χ3v) is 7.30. The van der Waals surface area contributed by atoms with Crippen LogP contribution in [-0.2, 0) is 16.6 Å². The van der Waals surface area contributed by atoms with E-state index in [2.05, 4.69) is 26.2 Å². The molecule has 0 aliphatic rings. The molecular weight excluding hydrogens is 436 g/mol. The first-order valence-electron chi connectivity index (χ1n) is 7.00. The second-order valence-electron chi connectivity index (χ2n) is 5.07. The molecule has 0 radical (unpaired) electrons. The second-order valence-corrected chi connectivity index (χ2v) is 8.46. The molecule has 0 fully saturated rings. The van der Waals surface area contributed by atoms with Crippen molar-refractivity contribution >= 4 is 37.3 Å². The van der Waals surface area contributed by atoms with Gasteiger partial charge in [0, 0.05) is 39.7 Å². The Morgan fingerprint density at radius 1 is 1.36 bits per heavy atom. The molecule has 3 heterocycles. The number of nitrogens with one attached hydrogen (secondary N) is 1. The van der Waals surface area contributed by atoms with E-state index in [1.54, 1.807) is 12.4 Å². The number of thiophene rings is 1. The van der Waals surface area contributed by atoms with E-state index in [9.17, 15) is 17.2 Å². The van der Waals surface area contributed by atoms with Gasteiger partial charge in [0.25, 0.3) is 10.0 Å². The van der Waals surface area contributed by atoms with Gasteiger partial charge in [-0.15, -0.1) is 11.3 Å². The first-order valence-corrected chi connectivity index (χ1v) is 10.2. The number of aromatic nitrogens is 2. The van der Waals surface area contributed by atoms with Gasteiger partial charge >= 0.3 is 0 Å². The molecule has 10 heteroatoms. The van der Waals surface area contributed by atoms with Crippen molar-refractivity contribution in [3.05, 3.63) is 57.1 Å². The van der Waals surface area contributed by atoms with Gasteiger partial charge in [0.15, 0.2) is 5.82 Å². The van der Waals surface area contributed by atoms with E-state index in [1.165, 1.54) is 35.0 Å². The SMILES string of the molecule is CNCc1cn(S(=O)(=O)c2cscc2Br)c(-c2cccnc2F)c1F. The van der Waals surface area contributed by atoms with Crippen LogP contribution in [0.3, 0.4) is 0 Å². The Balaban J connectivity index is 2.32. The van der Waals surface area contributed by atoms with Gasteiger partial charge in [-0.3, -0.25) is 0 Å². The Morgan fingerprint density at radius 3 is 2.72 bits per heavy atom. The van der Waals surface area contributed by atoms with Gasteiger partial charge in [0.05, 0.1) is 5.56 Å². The summed E-state index contributed by atoms with van der Waals surface area (Å²) in [5.74, 6) is -1.76. The molecule has 3 aromatic heterocycles. The lowest BCUT2D eigenvalue weighted by atomic mass is 10.2. The predicted octanol–water partition coefficient (Wildman–Crippen LogP) is 3.61. The molecule has 0 spiro atoms. The van der Waals surface area contributed by atoms with Gasteiger partial charge in [-0.05, 0) is 35.1 Å². The van der Waals surface area contributed by atoms with Crippen molar-refractivity contribution in [2.24, 2.45) is 0 Å². The lowest BCUT2D eigenvalue weighted by Crippen LogP contribution is -2.14. The van der Waals surface area contributed by atoms with Crippen molar-refractivity contribution in [1.82, 2.24) is 14.3 Å². The van der Waals surface area contributed by atoms with Crippen LogP contribution in [0.15, 0.2) is 44.7 Å². The maximum absolute atomic E-state index is 14.9. The van der Waals surface area contributed by atoms with Gasteiger partial charge in [-0.25, -0.2) is 21.8 Å². The molecule has 0 bridgehead atoms. The number of hydrogen-bond acceptors (Lipinski definition) is 5. The molecule has 0 aliphatic heterocycles. The summed E-state index contributed by atoms with van der Waals surface area (Å²) in [5.41, 5.74) is -0.498. The van der Waals surface area contributed by atoms with Crippen molar-refractivity contribution in [1.29, 1.82) is 0 Å². The Hall–Kier alpha value is -1.62. The van der Waals surface area contributed by atoms with E-state index in [4.69, 9.17) is 0 Å². The van der Waals surface area contributed by atoms with Crippen LogP contribution in [0, 0.1) is 11.8 Å². The summed E-state index contributed by atoms with van der Waals surface area (Å²) in [4.78, 5) is 3.47. The quantitative estimate of drug-likeness (QED) is 0.606. The maximum atomic E-state index is 14.9. The van der Waals surface area contributed by atoms with Crippen LogP contribution < -0.4 is 5.32 Å². The fourth-order valence-electron chi connectivity index (χ4n) is 2.37. The standard InChI is InChI=1S/C15H12BrF2N3O2S2/c1-19-5-9-6-21(25(22,23)12-8-24-7-11(12)16)14(13(9)17)10-3-2-4-20-15(10)18/h2-4,6-8,19H,5H2,1H3. The molecular formula is C15H12BrF2N3O2S2. The molecule has 3 aromatic rings. The number of rotatable bonds is 5. The Kier molecular flexibility index (Phi) is 5.05. The molecule has 0 unspecified atom stereocenters. The van der Waals surface area contributed by atoms with E-state index in [-0.39, 0.29) is 28.3 Å². The zero-order chi connectivity index (χ0) is 18.2. The third-order valence-electron chi connectivity index (χ3n) is 3.48. The molecule has 0 amide bonds. The molecule has 3 rings (SSSR count). The molecule has 5 nitrogen and oxygen atoms in total. The maximum Gasteiger partial charge on any atom is 0.270 e. The van der Waals surface area contributed by atoms with E-state index < -0.39 is 21.8 Å². The topological polar surface area (TPSA) is 64.0 Å². The minimum atomic E-state index is -4.12. The zero-order valence-corrected chi connectivity index (χ0v) is 16.1. The summed E-state index contributed by atoms with van der Waals surface area (Å²) in [7, 11) is -2.52. The highest BCUT2D eigenvalue weighted by molar-refractivity contribution is 9.10.